The van der Waals surface area contributed by atoms with Crippen LogP contribution in [0.1, 0.15) is 30.5 Å². The highest BCUT2D eigenvalue weighted by molar-refractivity contribution is 9.10. The number of carbonyl (C=O) groups is 2. The van der Waals surface area contributed by atoms with E-state index in [9.17, 15) is 14.7 Å². The van der Waals surface area contributed by atoms with Gasteiger partial charge in [-0.05, 0) is 36.6 Å². The summed E-state index contributed by atoms with van der Waals surface area (Å²) in [5.74, 6) is -1.79. The molecule has 24 heavy (non-hydrogen) atoms. The molecule has 2 unspecified atom stereocenters. The van der Waals surface area contributed by atoms with Crippen molar-refractivity contribution in [3.05, 3.63) is 70.2 Å². The molecule has 2 N–H and O–H groups in total. The van der Waals surface area contributed by atoms with Gasteiger partial charge in [-0.3, -0.25) is 9.59 Å². The van der Waals surface area contributed by atoms with Gasteiger partial charge in [-0.2, -0.15) is 0 Å². The number of hydrogen-bond acceptors (Lipinski definition) is 2. The average Bonchev–Trinajstić information content (AvgIpc) is 2.59. The summed E-state index contributed by atoms with van der Waals surface area (Å²) >= 11 is 3.38. The number of carbonyl (C=O) groups excluding carboxylic acids is 1. The molecule has 0 bridgehead atoms. The number of amides is 1. The minimum absolute atomic E-state index is 0.153. The molecule has 0 saturated heterocycles. The third kappa shape index (κ3) is 5.20. The number of rotatable bonds is 7. The fraction of sp³-hybridized carbons (Fsp3) is 0.263. The molecule has 0 spiro atoms. The van der Waals surface area contributed by atoms with E-state index in [4.69, 9.17) is 0 Å². The van der Waals surface area contributed by atoms with Crippen LogP contribution in [0.15, 0.2) is 59.1 Å². The Morgan fingerprint density at radius 2 is 1.71 bits per heavy atom. The Morgan fingerprint density at radius 1 is 1.08 bits per heavy atom. The molecule has 0 heterocycles. The molecule has 4 nitrogen and oxygen atoms in total. The van der Waals surface area contributed by atoms with E-state index in [0.29, 0.717) is 12.8 Å². The Labute approximate surface area is 150 Å². The van der Waals surface area contributed by atoms with Crippen molar-refractivity contribution in [3.8, 4) is 0 Å². The lowest BCUT2D eigenvalue weighted by molar-refractivity contribution is -0.142. The number of halogens is 1. The summed E-state index contributed by atoms with van der Waals surface area (Å²) in [7, 11) is 0. The van der Waals surface area contributed by atoms with Crippen LogP contribution in [0.25, 0.3) is 0 Å². The molecule has 0 fully saturated rings. The highest BCUT2D eigenvalue weighted by Gasteiger charge is 2.26. The molecule has 2 rings (SSSR count). The number of aryl methyl sites for hydroxylation is 1. The predicted octanol–water partition coefficient (Wildman–Crippen LogP) is 3.96. The summed E-state index contributed by atoms with van der Waals surface area (Å²) in [4.78, 5) is 23.6. The topological polar surface area (TPSA) is 66.4 Å². The Hall–Kier alpha value is -2.14. The molecule has 2 aromatic carbocycles. The molecule has 0 aliphatic heterocycles. The zero-order chi connectivity index (χ0) is 17.5. The maximum absolute atomic E-state index is 12.3. The van der Waals surface area contributed by atoms with Crippen LogP contribution in [-0.2, 0) is 16.0 Å². The summed E-state index contributed by atoms with van der Waals surface area (Å²) < 4.78 is 0.995. The lowest BCUT2D eigenvalue weighted by atomic mass is 9.94. The van der Waals surface area contributed by atoms with Gasteiger partial charge < -0.3 is 10.4 Å². The van der Waals surface area contributed by atoms with Gasteiger partial charge in [-0.25, -0.2) is 0 Å². The minimum Gasteiger partial charge on any atom is -0.481 e. The van der Waals surface area contributed by atoms with Crippen LogP contribution in [-0.4, -0.2) is 17.0 Å². The van der Waals surface area contributed by atoms with Gasteiger partial charge in [0.05, 0.1) is 12.0 Å². The fourth-order valence-corrected chi connectivity index (χ4v) is 2.72. The molecule has 126 valence electrons. The first kappa shape index (κ1) is 18.2. The zero-order valence-corrected chi connectivity index (χ0v) is 15.0. The van der Waals surface area contributed by atoms with Crippen LogP contribution in [0.3, 0.4) is 0 Å². The minimum atomic E-state index is -0.933. The SMILES string of the molecule is CC(C(=O)O)C(NC(=O)CCc1ccc(Br)cc1)c1ccccc1. The second-order valence-electron chi connectivity index (χ2n) is 5.71. The Morgan fingerprint density at radius 3 is 2.29 bits per heavy atom. The number of benzene rings is 2. The monoisotopic (exact) mass is 389 g/mol. The largest absolute Gasteiger partial charge is 0.481 e. The van der Waals surface area contributed by atoms with Gasteiger partial charge in [0.15, 0.2) is 0 Å². The van der Waals surface area contributed by atoms with Crippen LogP contribution in [0.4, 0.5) is 0 Å². The van der Waals surface area contributed by atoms with Gasteiger partial charge >= 0.3 is 5.97 Å². The lowest BCUT2D eigenvalue weighted by Crippen LogP contribution is -2.35. The van der Waals surface area contributed by atoms with Crippen molar-refractivity contribution in [1.29, 1.82) is 0 Å². The number of carboxylic acids is 1. The van der Waals surface area contributed by atoms with Gasteiger partial charge in [-0.1, -0.05) is 58.4 Å². The Kier molecular flexibility index (Phi) is 6.55. The first-order valence-electron chi connectivity index (χ1n) is 7.79. The molecular formula is C19H20BrNO3. The summed E-state index contributed by atoms with van der Waals surface area (Å²) in [6.07, 6.45) is 0.930. The first-order chi connectivity index (χ1) is 11.5. The highest BCUT2D eigenvalue weighted by atomic mass is 79.9. The number of carboxylic acid groups (broad SMARTS) is 1. The molecule has 0 aliphatic carbocycles. The Balaban J connectivity index is 2.01. The molecule has 5 heteroatoms. The summed E-state index contributed by atoms with van der Waals surface area (Å²) in [5.41, 5.74) is 1.86. The van der Waals surface area contributed by atoms with E-state index in [2.05, 4.69) is 21.2 Å². The van der Waals surface area contributed by atoms with E-state index >= 15 is 0 Å². The third-order valence-electron chi connectivity index (χ3n) is 3.92. The average molecular weight is 390 g/mol. The first-order valence-corrected chi connectivity index (χ1v) is 8.58. The summed E-state index contributed by atoms with van der Waals surface area (Å²) in [6, 6.07) is 16.5. The van der Waals surface area contributed by atoms with E-state index in [1.807, 2.05) is 54.6 Å². The van der Waals surface area contributed by atoms with Crippen molar-refractivity contribution >= 4 is 27.8 Å². The number of aliphatic carboxylic acids is 1. The van der Waals surface area contributed by atoms with E-state index in [1.165, 1.54) is 0 Å². The summed E-state index contributed by atoms with van der Waals surface area (Å²) in [5, 5.41) is 12.2. The molecule has 0 radical (unpaired) electrons. The maximum Gasteiger partial charge on any atom is 0.308 e. The molecule has 0 aromatic heterocycles. The molecule has 1 amide bonds. The van der Waals surface area contributed by atoms with Crippen molar-refractivity contribution in [1.82, 2.24) is 5.32 Å². The van der Waals surface area contributed by atoms with Crippen LogP contribution in [0, 0.1) is 5.92 Å². The van der Waals surface area contributed by atoms with Gasteiger partial charge in [0.2, 0.25) is 5.91 Å². The van der Waals surface area contributed by atoms with Crippen molar-refractivity contribution < 1.29 is 14.7 Å². The van der Waals surface area contributed by atoms with Crippen molar-refractivity contribution in [2.75, 3.05) is 0 Å². The molecule has 2 atom stereocenters. The maximum atomic E-state index is 12.3. The fourth-order valence-electron chi connectivity index (χ4n) is 2.45. The molecule has 2 aromatic rings. The molecular weight excluding hydrogens is 370 g/mol. The van der Waals surface area contributed by atoms with E-state index < -0.39 is 17.9 Å². The summed E-state index contributed by atoms with van der Waals surface area (Å²) in [6.45, 7) is 1.61. The van der Waals surface area contributed by atoms with Gasteiger partial charge in [0.1, 0.15) is 0 Å². The van der Waals surface area contributed by atoms with Gasteiger partial charge in [0.25, 0.3) is 0 Å². The smallest absolute Gasteiger partial charge is 0.308 e. The number of nitrogens with one attached hydrogen (secondary N) is 1. The van der Waals surface area contributed by atoms with E-state index in [-0.39, 0.29) is 5.91 Å². The van der Waals surface area contributed by atoms with E-state index in [1.54, 1.807) is 6.92 Å². The predicted molar refractivity (Wildman–Crippen MR) is 96.6 cm³/mol. The van der Waals surface area contributed by atoms with Crippen molar-refractivity contribution in [2.45, 2.75) is 25.8 Å². The second-order valence-corrected chi connectivity index (χ2v) is 6.62. The van der Waals surface area contributed by atoms with E-state index in [0.717, 1.165) is 15.6 Å². The lowest BCUT2D eigenvalue weighted by Gasteiger charge is -2.23. The van der Waals surface area contributed by atoms with Crippen LogP contribution < -0.4 is 5.32 Å². The molecule has 0 aliphatic rings. The van der Waals surface area contributed by atoms with Crippen LogP contribution in [0.5, 0.6) is 0 Å². The van der Waals surface area contributed by atoms with Gasteiger partial charge in [-0.15, -0.1) is 0 Å². The molecule has 0 saturated carbocycles. The standard InChI is InChI=1S/C19H20BrNO3/c1-13(19(23)24)18(15-5-3-2-4-6-15)21-17(22)12-9-14-7-10-16(20)11-8-14/h2-8,10-11,13,18H,9,12H2,1H3,(H,21,22)(H,23,24). The number of hydrogen-bond donors (Lipinski definition) is 2. The quantitative estimate of drug-likeness (QED) is 0.752. The normalized spacial score (nSPS) is 13.1. The van der Waals surface area contributed by atoms with Crippen LogP contribution >= 0.6 is 15.9 Å². The third-order valence-corrected chi connectivity index (χ3v) is 4.45. The second kappa shape index (κ2) is 8.64. The van der Waals surface area contributed by atoms with Gasteiger partial charge in [0, 0.05) is 10.9 Å². The highest BCUT2D eigenvalue weighted by Crippen LogP contribution is 2.22. The Bertz CT molecular complexity index is 686. The van der Waals surface area contributed by atoms with Crippen LogP contribution in [0.2, 0.25) is 0 Å². The zero-order valence-electron chi connectivity index (χ0n) is 13.4. The van der Waals surface area contributed by atoms with Crippen molar-refractivity contribution in [3.63, 3.8) is 0 Å². The van der Waals surface area contributed by atoms with Crippen molar-refractivity contribution in [2.24, 2.45) is 5.92 Å².